The molecule has 2 aromatic rings. The number of piperidine rings is 1. The predicted octanol–water partition coefficient (Wildman–Crippen LogP) is 2.11. The third kappa shape index (κ3) is 3.29. The highest BCUT2D eigenvalue weighted by Crippen LogP contribution is 2.36. The van der Waals surface area contributed by atoms with Crippen molar-refractivity contribution in [1.29, 1.82) is 0 Å². The van der Waals surface area contributed by atoms with Crippen LogP contribution in [-0.4, -0.2) is 51.3 Å². The number of para-hydroxylation sites is 1. The lowest BCUT2D eigenvalue weighted by atomic mass is 9.89. The molecule has 2 aliphatic rings. The van der Waals surface area contributed by atoms with Crippen molar-refractivity contribution >= 4 is 0 Å². The number of β-amino-alcohol motifs (C(OH)–C–C–N with tert-alkyl or cyclic N) is 1. The van der Waals surface area contributed by atoms with Crippen molar-refractivity contribution in [3.8, 4) is 11.5 Å². The zero-order chi connectivity index (χ0) is 18.1. The van der Waals surface area contributed by atoms with Gasteiger partial charge in [0.15, 0.2) is 11.5 Å². The lowest BCUT2D eigenvalue weighted by molar-refractivity contribution is -0.0417. The molecule has 1 aromatic carbocycles. The fraction of sp³-hybridized carbons (Fsp3) is 0.579. The summed E-state index contributed by atoms with van der Waals surface area (Å²) in [6.07, 6.45) is 3.49. The topological polar surface area (TPSA) is 72.6 Å². The van der Waals surface area contributed by atoms with Gasteiger partial charge in [-0.2, -0.15) is 0 Å². The van der Waals surface area contributed by atoms with Crippen LogP contribution in [0.1, 0.15) is 44.0 Å². The molecule has 140 valence electrons. The number of fused-ring (bicyclic) bond motifs is 1. The third-order valence-corrected chi connectivity index (χ3v) is 5.11. The summed E-state index contributed by atoms with van der Waals surface area (Å²) in [5, 5.41) is 19.6. The molecule has 1 saturated heterocycles. The highest BCUT2D eigenvalue weighted by Gasteiger charge is 2.38. The smallest absolute Gasteiger partial charge is 0.165 e. The zero-order valence-electron chi connectivity index (χ0n) is 15.4. The van der Waals surface area contributed by atoms with Crippen molar-refractivity contribution in [2.24, 2.45) is 0 Å². The number of likely N-dealkylation sites (tertiary alicyclic amines) is 1. The molecule has 1 N–H and O–H groups in total. The van der Waals surface area contributed by atoms with Crippen LogP contribution in [0.15, 0.2) is 24.4 Å². The summed E-state index contributed by atoms with van der Waals surface area (Å²) in [6, 6.07) is 6.23. The summed E-state index contributed by atoms with van der Waals surface area (Å²) in [7, 11) is 0. The normalized spacial score (nSPS) is 23.4. The molecule has 0 bridgehead atoms. The molecule has 1 atom stereocenters. The van der Waals surface area contributed by atoms with E-state index in [4.69, 9.17) is 9.47 Å². The van der Waals surface area contributed by atoms with E-state index >= 15 is 0 Å². The van der Waals surface area contributed by atoms with Crippen LogP contribution in [0.4, 0.5) is 0 Å². The lowest BCUT2D eigenvalue weighted by Crippen LogP contribution is -2.46. The number of hydrogen-bond acceptors (Lipinski definition) is 6. The van der Waals surface area contributed by atoms with Gasteiger partial charge in [0.25, 0.3) is 0 Å². The van der Waals surface area contributed by atoms with Crippen LogP contribution in [0.2, 0.25) is 0 Å². The molecule has 1 aromatic heterocycles. The van der Waals surface area contributed by atoms with Gasteiger partial charge in [-0.25, -0.2) is 4.68 Å². The summed E-state index contributed by atoms with van der Waals surface area (Å²) in [6.45, 7) is 7.46. The number of hydrogen-bond donors (Lipinski definition) is 1. The lowest BCUT2D eigenvalue weighted by Gasteiger charge is -2.38. The number of rotatable bonds is 4. The predicted molar refractivity (Wildman–Crippen MR) is 96.2 cm³/mol. The van der Waals surface area contributed by atoms with Gasteiger partial charge in [0.1, 0.15) is 24.5 Å². The average Bonchev–Trinajstić information content (AvgIpc) is 3.14. The molecule has 7 nitrogen and oxygen atoms in total. The van der Waals surface area contributed by atoms with E-state index in [1.54, 1.807) is 4.68 Å². The Balaban J connectivity index is 1.52. The summed E-state index contributed by atoms with van der Waals surface area (Å²) in [4.78, 5) is 2.26. The van der Waals surface area contributed by atoms with E-state index in [0.29, 0.717) is 38.4 Å². The standard InChI is InChI=1S/C19H26N4O3/c1-14(2)23-12-17(20-21-23)19(24)7-4-8-22(13-19)11-15-5-3-6-16-18(15)26-10-9-25-16/h3,5-6,12,14,24H,4,7-11,13H2,1-2H3/t19-/m1/s1. The highest BCUT2D eigenvalue weighted by atomic mass is 16.6. The Morgan fingerprint density at radius 1 is 1.27 bits per heavy atom. The highest BCUT2D eigenvalue weighted by molar-refractivity contribution is 5.47. The van der Waals surface area contributed by atoms with E-state index < -0.39 is 5.60 Å². The first-order chi connectivity index (χ1) is 12.5. The number of ether oxygens (including phenoxy) is 2. The minimum absolute atomic E-state index is 0.229. The second-order valence-electron chi connectivity index (χ2n) is 7.46. The van der Waals surface area contributed by atoms with Gasteiger partial charge < -0.3 is 14.6 Å². The van der Waals surface area contributed by atoms with Crippen molar-refractivity contribution in [1.82, 2.24) is 19.9 Å². The molecule has 0 saturated carbocycles. The van der Waals surface area contributed by atoms with Gasteiger partial charge in [0, 0.05) is 24.7 Å². The molecule has 0 spiro atoms. The Kier molecular flexibility index (Phi) is 4.58. The second-order valence-corrected chi connectivity index (χ2v) is 7.46. The van der Waals surface area contributed by atoms with E-state index in [0.717, 1.165) is 30.0 Å². The van der Waals surface area contributed by atoms with Crippen LogP contribution in [0.3, 0.4) is 0 Å². The van der Waals surface area contributed by atoms with E-state index in [1.807, 2.05) is 18.3 Å². The van der Waals surface area contributed by atoms with Gasteiger partial charge in [0.2, 0.25) is 0 Å². The average molecular weight is 358 g/mol. The van der Waals surface area contributed by atoms with E-state index in [-0.39, 0.29) is 6.04 Å². The maximum absolute atomic E-state index is 11.2. The largest absolute Gasteiger partial charge is 0.486 e. The molecule has 26 heavy (non-hydrogen) atoms. The maximum atomic E-state index is 11.2. The maximum Gasteiger partial charge on any atom is 0.165 e. The molecule has 0 amide bonds. The Morgan fingerprint density at radius 2 is 2.12 bits per heavy atom. The monoisotopic (exact) mass is 358 g/mol. The molecule has 1 fully saturated rings. The fourth-order valence-corrected chi connectivity index (χ4v) is 3.71. The van der Waals surface area contributed by atoms with Crippen molar-refractivity contribution in [3.05, 3.63) is 35.7 Å². The number of benzene rings is 1. The minimum atomic E-state index is -0.961. The van der Waals surface area contributed by atoms with Crippen LogP contribution in [0.25, 0.3) is 0 Å². The van der Waals surface area contributed by atoms with E-state index in [9.17, 15) is 5.11 Å². The Bertz CT molecular complexity index is 776. The summed E-state index contributed by atoms with van der Waals surface area (Å²) in [5.74, 6) is 1.64. The molecular formula is C19H26N4O3. The molecule has 2 aliphatic heterocycles. The number of aliphatic hydroxyl groups is 1. The SMILES string of the molecule is CC(C)n1cc([C@@]2(O)CCCN(Cc3cccc4c3OCCO4)C2)nn1. The summed E-state index contributed by atoms with van der Waals surface area (Å²) in [5.41, 5.74) is 0.792. The molecule has 0 radical (unpaired) electrons. The van der Waals surface area contributed by atoms with Crippen LogP contribution < -0.4 is 9.47 Å². The first-order valence-corrected chi connectivity index (χ1v) is 9.30. The van der Waals surface area contributed by atoms with Crippen LogP contribution in [0, 0.1) is 0 Å². The zero-order valence-corrected chi connectivity index (χ0v) is 15.4. The van der Waals surface area contributed by atoms with Gasteiger partial charge in [-0.3, -0.25) is 4.90 Å². The van der Waals surface area contributed by atoms with Crippen molar-refractivity contribution in [2.75, 3.05) is 26.3 Å². The van der Waals surface area contributed by atoms with E-state index in [1.165, 1.54) is 0 Å². The quantitative estimate of drug-likeness (QED) is 0.903. The molecule has 4 rings (SSSR count). The van der Waals surface area contributed by atoms with Gasteiger partial charge in [-0.15, -0.1) is 5.10 Å². The van der Waals surface area contributed by atoms with Crippen LogP contribution in [0.5, 0.6) is 11.5 Å². The Morgan fingerprint density at radius 3 is 2.92 bits per heavy atom. The van der Waals surface area contributed by atoms with Gasteiger partial charge in [0.05, 0.1) is 6.20 Å². The fourth-order valence-electron chi connectivity index (χ4n) is 3.71. The van der Waals surface area contributed by atoms with Crippen LogP contribution >= 0.6 is 0 Å². The third-order valence-electron chi connectivity index (χ3n) is 5.11. The molecule has 0 aliphatic carbocycles. The molecule has 0 unspecified atom stereocenters. The number of nitrogens with zero attached hydrogens (tertiary/aromatic N) is 4. The first kappa shape index (κ1) is 17.3. The second kappa shape index (κ2) is 6.89. The Labute approximate surface area is 153 Å². The van der Waals surface area contributed by atoms with Gasteiger partial charge >= 0.3 is 0 Å². The molecule has 7 heteroatoms. The molecule has 3 heterocycles. The van der Waals surface area contributed by atoms with Gasteiger partial charge in [-0.05, 0) is 39.3 Å². The number of aromatic nitrogens is 3. The van der Waals surface area contributed by atoms with Gasteiger partial charge in [-0.1, -0.05) is 17.3 Å². The minimum Gasteiger partial charge on any atom is -0.486 e. The van der Waals surface area contributed by atoms with Crippen molar-refractivity contribution in [2.45, 2.75) is 44.9 Å². The summed E-state index contributed by atoms with van der Waals surface area (Å²) < 4.78 is 13.3. The van der Waals surface area contributed by atoms with E-state index in [2.05, 4.69) is 35.1 Å². The van der Waals surface area contributed by atoms with Crippen molar-refractivity contribution in [3.63, 3.8) is 0 Å². The first-order valence-electron chi connectivity index (χ1n) is 9.30. The Hall–Kier alpha value is -2.12. The molecular weight excluding hydrogens is 332 g/mol. The van der Waals surface area contributed by atoms with Crippen LogP contribution in [-0.2, 0) is 12.1 Å². The summed E-state index contributed by atoms with van der Waals surface area (Å²) >= 11 is 0. The van der Waals surface area contributed by atoms with Crippen molar-refractivity contribution < 1.29 is 14.6 Å².